The van der Waals surface area contributed by atoms with Crippen molar-refractivity contribution in [3.8, 4) is 0 Å². The highest BCUT2D eigenvalue weighted by molar-refractivity contribution is 6.76. The second-order valence-corrected chi connectivity index (χ2v) is 11.0. The van der Waals surface area contributed by atoms with Crippen molar-refractivity contribution in [3.05, 3.63) is 0 Å². The predicted molar refractivity (Wildman–Crippen MR) is 69.5 cm³/mol. The minimum absolute atomic E-state index is 1.04. The van der Waals surface area contributed by atoms with Crippen LogP contribution in [0.4, 0.5) is 0 Å². The van der Waals surface area contributed by atoms with E-state index in [4.69, 9.17) is 0 Å². The molecule has 2 aliphatic carbocycles. The summed E-state index contributed by atoms with van der Waals surface area (Å²) in [7, 11) is -1.04. The Morgan fingerprint density at radius 2 is 1.87 bits per heavy atom. The van der Waals surface area contributed by atoms with Crippen LogP contribution < -0.4 is 4.98 Å². The fourth-order valence-electron chi connectivity index (χ4n) is 3.50. The lowest BCUT2D eigenvalue weighted by molar-refractivity contribution is 0.332. The molecule has 2 bridgehead atoms. The summed E-state index contributed by atoms with van der Waals surface area (Å²) in [5, 5.41) is 0. The van der Waals surface area contributed by atoms with E-state index in [0.29, 0.717) is 0 Å². The Morgan fingerprint density at radius 1 is 1.13 bits per heavy atom. The van der Waals surface area contributed by atoms with E-state index in [9.17, 15) is 0 Å². The van der Waals surface area contributed by atoms with Crippen molar-refractivity contribution in [2.75, 3.05) is 6.54 Å². The molecule has 3 atom stereocenters. The summed E-state index contributed by atoms with van der Waals surface area (Å²) in [5.74, 6) is 3.24. The topological polar surface area (TPSA) is 12.0 Å². The van der Waals surface area contributed by atoms with Crippen LogP contribution in [-0.4, -0.2) is 14.8 Å². The lowest BCUT2D eigenvalue weighted by Crippen LogP contribution is -2.48. The zero-order chi connectivity index (χ0) is 10.9. The lowest BCUT2D eigenvalue weighted by atomic mass is 9.89. The highest BCUT2D eigenvalue weighted by atomic mass is 28.3. The molecule has 2 fully saturated rings. The molecule has 1 N–H and O–H groups in total. The van der Waals surface area contributed by atoms with Crippen molar-refractivity contribution < 1.29 is 0 Å². The molecule has 0 aliphatic heterocycles. The van der Waals surface area contributed by atoms with Gasteiger partial charge in [-0.15, -0.1) is 0 Å². The Kier molecular flexibility index (Phi) is 3.56. The molecular weight excluding hydrogens is 198 g/mol. The van der Waals surface area contributed by atoms with E-state index in [2.05, 4.69) is 25.4 Å². The van der Waals surface area contributed by atoms with Crippen molar-refractivity contribution >= 4 is 8.24 Å². The Labute approximate surface area is 96.1 Å². The molecule has 0 aromatic heterocycles. The third-order valence-corrected chi connectivity index (χ3v) is 9.42. The number of nitrogens with one attached hydrogen (secondary N) is 1. The van der Waals surface area contributed by atoms with Gasteiger partial charge in [-0.1, -0.05) is 26.8 Å². The largest absolute Gasteiger partial charge is 0.337 e. The average molecular weight is 225 g/mol. The molecule has 0 radical (unpaired) electrons. The fraction of sp³-hybridized carbons (Fsp3) is 1.00. The number of rotatable bonds is 5. The molecule has 2 rings (SSSR count). The molecule has 0 aromatic carbocycles. The Balaban J connectivity index is 1.78. The minimum Gasteiger partial charge on any atom is -0.337 e. The SMILES string of the molecule is CC[Si](C)(CC)NCC1CC2CCC1C2. The minimum atomic E-state index is -1.04. The Morgan fingerprint density at radius 3 is 2.33 bits per heavy atom. The van der Waals surface area contributed by atoms with E-state index in [1.54, 1.807) is 6.42 Å². The maximum atomic E-state index is 3.96. The molecule has 15 heavy (non-hydrogen) atoms. The molecule has 1 nitrogen and oxygen atoms in total. The molecule has 3 unspecified atom stereocenters. The van der Waals surface area contributed by atoms with E-state index < -0.39 is 8.24 Å². The first-order valence-corrected chi connectivity index (χ1v) is 9.83. The third-order valence-electron chi connectivity index (χ3n) is 5.24. The predicted octanol–water partition coefficient (Wildman–Crippen LogP) is 3.63. The van der Waals surface area contributed by atoms with Crippen molar-refractivity contribution in [2.24, 2.45) is 17.8 Å². The standard InChI is InChI=1S/C13H27NSi/c1-4-15(3,5-2)14-10-13-9-11-6-7-12(13)8-11/h11-14H,4-10H2,1-3H3. The third kappa shape index (κ3) is 2.47. The van der Waals surface area contributed by atoms with Crippen LogP contribution in [0.5, 0.6) is 0 Å². The lowest BCUT2D eigenvalue weighted by Gasteiger charge is -2.30. The maximum Gasteiger partial charge on any atom is 0.122 e. The van der Waals surface area contributed by atoms with Crippen molar-refractivity contribution in [1.29, 1.82) is 0 Å². The van der Waals surface area contributed by atoms with E-state index >= 15 is 0 Å². The van der Waals surface area contributed by atoms with Gasteiger partial charge < -0.3 is 4.98 Å². The van der Waals surface area contributed by atoms with Crippen LogP contribution in [0.1, 0.15) is 39.5 Å². The Hall–Kier alpha value is 0.177. The summed E-state index contributed by atoms with van der Waals surface area (Å²) in [4.78, 5) is 3.96. The summed E-state index contributed by atoms with van der Waals surface area (Å²) in [6, 6.07) is 2.79. The quantitative estimate of drug-likeness (QED) is 0.705. The van der Waals surface area contributed by atoms with Gasteiger partial charge in [-0.3, -0.25) is 0 Å². The molecule has 0 heterocycles. The van der Waals surface area contributed by atoms with Gasteiger partial charge >= 0.3 is 0 Å². The van der Waals surface area contributed by atoms with Gasteiger partial charge in [-0.05, 0) is 55.6 Å². The summed E-state index contributed by atoms with van der Waals surface area (Å²) < 4.78 is 0. The highest BCUT2D eigenvalue weighted by Crippen LogP contribution is 2.48. The van der Waals surface area contributed by atoms with Gasteiger partial charge in [-0.2, -0.15) is 0 Å². The van der Waals surface area contributed by atoms with Crippen LogP contribution in [0.15, 0.2) is 0 Å². The first-order valence-electron chi connectivity index (χ1n) is 6.92. The molecule has 2 saturated carbocycles. The van der Waals surface area contributed by atoms with Crippen LogP contribution in [-0.2, 0) is 0 Å². The van der Waals surface area contributed by atoms with Gasteiger partial charge in [0, 0.05) is 0 Å². The molecule has 0 spiro atoms. The first kappa shape index (κ1) is 11.7. The molecule has 88 valence electrons. The van der Waals surface area contributed by atoms with Crippen molar-refractivity contribution in [3.63, 3.8) is 0 Å². The van der Waals surface area contributed by atoms with Gasteiger partial charge in [0.25, 0.3) is 0 Å². The van der Waals surface area contributed by atoms with Crippen molar-refractivity contribution in [2.45, 2.75) is 58.2 Å². The Bertz CT molecular complexity index is 213. The van der Waals surface area contributed by atoms with Crippen LogP contribution in [0.2, 0.25) is 18.6 Å². The smallest absolute Gasteiger partial charge is 0.122 e. The van der Waals surface area contributed by atoms with E-state index in [1.807, 2.05) is 0 Å². The zero-order valence-corrected chi connectivity index (χ0v) is 11.7. The van der Waals surface area contributed by atoms with E-state index in [0.717, 1.165) is 17.8 Å². The number of hydrogen-bond acceptors (Lipinski definition) is 1. The first-order chi connectivity index (χ1) is 7.17. The van der Waals surface area contributed by atoms with E-state index in [-0.39, 0.29) is 0 Å². The number of fused-ring (bicyclic) bond motifs is 2. The second kappa shape index (κ2) is 4.58. The average Bonchev–Trinajstić information content (AvgIpc) is 2.87. The summed E-state index contributed by atoms with van der Waals surface area (Å²) in [6.07, 6.45) is 6.17. The van der Waals surface area contributed by atoms with Gasteiger partial charge in [0.15, 0.2) is 0 Å². The van der Waals surface area contributed by atoms with Gasteiger partial charge in [-0.25, -0.2) is 0 Å². The zero-order valence-electron chi connectivity index (χ0n) is 10.7. The monoisotopic (exact) mass is 225 g/mol. The molecular formula is C13H27NSi. The molecule has 0 aromatic rings. The van der Waals surface area contributed by atoms with E-state index in [1.165, 1.54) is 37.9 Å². The maximum absolute atomic E-state index is 3.96. The fourth-order valence-corrected chi connectivity index (χ4v) is 5.26. The van der Waals surface area contributed by atoms with Crippen molar-refractivity contribution in [1.82, 2.24) is 4.98 Å². The summed E-state index contributed by atoms with van der Waals surface area (Å²) in [6.45, 7) is 8.58. The molecule has 2 aliphatic rings. The number of hydrogen-bond donors (Lipinski definition) is 1. The van der Waals surface area contributed by atoms with Gasteiger partial charge in [0.2, 0.25) is 0 Å². The molecule has 2 heteroatoms. The molecule has 0 amide bonds. The molecule has 0 saturated heterocycles. The van der Waals surface area contributed by atoms with Crippen LogP contribution in [0.25, 0.3) is 0 Å². The second-order valence-electron chi connectivity index (χ2n) is 6.08. The van der Waals surface area contributed by atoms with Gasteiger partial charge in [0.1, 0.15) is 8.24 Å². The van der Waals surface area contributed by atoms with Crippen LogP contribution in [0, 0.1) is 17.8 Å². The summed E-state index contributed by atoms with van der Waals surface area (Å²) in [5.41, 5.74) is 0. The summed E-state index contributed by atoms with van der Waals surface area (Å²) >= 11 is 0. The van der Waals surface area contributed by atoms with Crippen LogP contribution in [0.3, 0.4) is 0 Å². The van der Waals surface area contributed by atoms with Gasteiger partial charge in [0.05, 0.1) is 0 Å². The highest BCUT2D eigenvalue weighted by Gasteiger charge is 2.39. The van der Waals surface area contributed by atoms with Crippen LogP contribution >= 0.6 is 0 Å². The normalized spacial score (nSPS) is 35.0.